The fraction of sp³-hybridized carbons (Fsp3) is 0.667. The number of nitrogens with two attached hydrogens (primary N) is 1. The van der Waals surface area contributed by atoms with Gasteiger partial charge in [-0.25, -0.2) is 8.42 Å². The first-order valence-electron chi connectivity index (χ1n) is 6.04. The third-order valence-electron chi connectivity index (χ3n) is 2.61. The van der Waals surface area contributed by atoms with Crippen molar-refractivity contribution in [2.24, 2.45) is 5.73 Å². The SMILES string of the molecule is CCCS(=O)(=O)CCn1cccc1CC(C)N. The van der Waals surface area contributed by atoms with Crippen LogP contribution in [-0.2, 0) is 22.8 Å². The van der Waals surface area contributed by atoms with Crippen LogP contribution in [0.15, 0.2) is 18.3 Å². The largest absolute Gasteiger partial charge is 0.350 e. The van der Waals surface area contributed by atoms with E-state index < -0.39 is 9.84 Å². The molecule has 4 nitrogen and oxygen atoms in total. The number of hydrogen-bond acceptors (Lipinski definition) is 3. The molecule has 1 aromatic rings. The second-order valence-corrected chi connectivity index (χ2v) is 6.83. The minimum Gasteiger partial charge on any atom is -0.350 e. The van der Waals surface area contributed by atoms with Gasteiger partial charge in [-0.05, 0) is 25.5 Å². The van der Waals surface area contributed by atoms with Gasteiger partial charge in [0.2, 0.25) is 0 Å². The molecular formula is C12H22N2O2S. The van der Waals surface area contributed by atoms with E-state index in [0.717, 1.165) is 12.1 Å². The van der Waals surface area contributed by atoms with Crippen molar-refractivity contribution < 1.29 is 8.42 Å². The lowest BCUT2D eigenvalue weighted by Gasteiger charge is -2.11. The first-order valence-corrected chi connectivity index (χ1v) is 7.87. The number of hydrogen-bond donors (Lipinski definition) is 1. The van der Waals surface area contributed by atoms with Crippen molar-refractivity contribution in [2.75, 3.05) is 11.5 Å². The molecule has 5 heteroatoms. The Kier molecular flexibility index (Phi) is 5.21. The summed E-state index contributed by atoms with van der Waals surface area (Å²) >= 11 is 0. The highest BCUT2D eigenvalue weighted by Gasteiger charge is 2.11. The van der Waals surface area contributed by atoms with E-state index in [1.54, 1.807) is 0 Å². The number of rotatable bonds is 7. The van der Waals surface area contributed by atoms with Crippen LogP contribution in [-0.4, -0.2) is 30.5 Å². The predicted molar refractivity (Wildman–Crippen MR) is 70.7 cm³/mol. The van der Waals surface area contributed by atoms with Crippen LogP contribution in [0.2, 0.25) is 0 Å². The Labute approximate surface area is 104 Å². The molecule has 0 saturated heterocycles. The molecule has 17 heavy (non-hydrogen) atoms. The predicted octanol–water partition coefficient (Wildman–Crippen LogP) is 1.20. The molecule has 2 N–H and O–H groups in total. The lowest BCUT2D eigenvalue weighted by molar-refractivity contribution is 0.583. The van der Waals surface area contributed by atoms with Crippen LogP contribution in [0.4, 0.5) is 0 Å². The van der Waals surface area contributed by atoms with Gasteiger partial charge in [-0.2, -0.15) is 0 Å². The molecule has 0 spiro atoms. The van der Waals surface area contributed by atoms with Crippen LogP contribution in [0, 0.1) is 0 Å². The Bertz CT molecular complexity index is 435. The molecule has 1 unspecified atom stereocenters. The summed E-state index contributed by atoms with van der Waals surface area (Å²) in [6.45, 7) is 4.36. The number of aromatic nitrogens is 1. The highest BCUT2D eigenvalue weighted by Crippen LogP contribution is 2.06. The minimum atomic E-state index is -2.91. The normalized spacial score (nSPS) is 13.8. The first-order chi connectivity index (χ1) is 7.94. The van der Waals surface area contributed by atoms with E-state index in [4.69, 9.17) is 5.73 Å². The lowest BCUT2D eigenvalue weighted by Crippen LogP contribution is -2.21. The van der Waals surface area contributed by atoms with E-state index in [1.165, 1.54) is 0 Å². The maximum atomic E-state index is 11.6. The Morgan fingerprint density at radius 2 is 2.12 bits per heavy atom. The maximum absolute atomic E-state index is 11.6. The van der Waals surface area contributed by atoms with Gasteiger partial charge in [0, 0.05) is 36.7 Å². The third-order valence-corrected chi connectivity index (χ3v) is 4.45. The highest BCUT2D eigenvalue weighted by molar-refractivity contribution is 7.91. The van der Waals surface area contributed by atoms with Gasteiger partial charge >= 0.3 is 0 Å². The van der Waals surface area contributed by atoms with Crippen LogP contribution < -0.4 is 5.73 Å². The molecule has 0 bridgehead atoms. The molecule has 0 amide bonds. The van der Waals surface area contributed by atoms with Crippen LogP contribution in [0.3, 0.4) is 0 Å². The van der Waals surface area contributed by atoms with Crippen molar-refractivity contribution >= 4 is 9.84 Å². The summed E-state index contributed by atoms with van der Waals surface area (Å²) in [6, 6.07) is 4.02. The first kappa shape index (κ1) is 14.3. The summed E-state index contributed by atoms with van der Waals surface area (Å²) in [5.41, 5.74) is 6.85. The molecule has 0 radical (unpaired) electrons. The van der Waals surface area contributed by atoms with Gasteiger partial charge in [0.05, 0.1) is 5.75 Å². The second-order valence-electron chi connectivity index (χ2n) is 4.53. The van der Waals surface area contributed by atoms with Crippen LogP contribution in [0.5, 0.6) is 0 Å². The molecule has 1 heterocycles. The third kappa shape index (κ3) is 4.91. The smallest absolute Gasteiger partial charge is 0.152 e. The Hall–Kier alpha value is -0.810. The van der Waals surface area contributed by atoms with E-state index in [9.17, 15) is 8.42 Å². The number of sulfone groups is 1. The van der Waals surface area contributed by atoms with E-state index >= 15 is 0 Å². The summed E-state index contributed by atoms with van der Waals surface area (Å²) in [7, 11) is -2.91. The van der Waals surface area contributed by atoms with Gasteiger partial charge < -0.3 is 10.3 Å². The molecule has 0 aliphatic rings. The van der Waals surface area contributed by atoms with Gasteiger partial charge in [-0.15, -0.1) is 0 Å². The summed E-state index contributed by atoms with van der Waals surface area (Å²) in [4.78, 5) is 0. The summed E-state index contributed by atoms with van der Waals surface area (Å²) in [6.07, 6.45) is 3.38. The van der Waals surface area contributed by atoms with Gasteiger partial charge in [0.15, 0.2) is 9.84 Å². The van der Waals surface area contributed by atoms with Crippen LogP contribution in [0.25, 0.3) is 0 Å². The monoisotopic (exact) mass is 258 g/mol. The van der Waals surface area contributed by atoms with Gasteiger partial charge in [0.25, 0.3) is 0 Å². The van der Waals surface area contributed by atoms with Gasteiger partial charge in [-0.1, -0.05) is 6.92 Å². The molecule has 0 aliphatic carbocycles. The zero-order chi connectivity index (χ0) is 12.9. The summed E-state index contributed by atoms with van der Waals surface area (Å²) in [5, 5.41) is 0. The highest BCUT2D eigenvalue weighted by atomic mass is 32.2. The lowest BCUT2D eigenvalue weighted by atomic mass is 10.2. The zero-order valence-electron chi connectivity index (χ0n) is 10.6. The Morgan fingerprint density at radius 1 is 1.41 bits per heavy atom. The van der Waals surface area contributed by atoms with Crippen LogP contribution in [0.1, 0.15) is 26.0 Å². The molecule has 0 aliphatic heterocycles. The average molecular weight is 258 g/mol. The Balaban J connectivity index is 2.60. The quantitative estimate of drug-likeness (QED) is 0.799. The van der Waals surface area contributed by atoms with Gasteiger partial charge in [0.1, 0.15) is 0 Å². The average Bonchev–Trinajstić information content (AvgIpc) is 2.61. The van der Waals surface area contributed by atoms with Crippen molar-refractivity contribution in [3.63, 3.8) is 0 Å². The van der Waals surface area contributed by atoms with E-state index in [1.807, 2.05) is 36.7 Å². The molecule has 0 fully saturated rings. The molecule has 1 rings (SSSR count). The Morgan fingerprint density at radius 3 is 2.71 bits per heavy atom. The van der Waals surface area contributed by atoms with Crippen molar-refractivity contribution in [1.82, 2.24) is 4.57 Å². The van der Waals surface area contributed by atoms with E-state index in [-0.39, 0.29) is 17.5 Å². The zero-order valence-corrected chi connectivity index (χ0v) is 11.4. The summed E-state index contributed by atoms with van der Waals surface area (Å²) in [5.74, 6) is 0.484. The fourth-order valence-electron chi connectivity index (χ4n) is 1.83. The molecule has 0 aromatic carbocycles. The van der Waals surface area contributed by atoms with E-state index in [0.29, 0.717) is 13.0 Å². The molecule has 1 aromatic heterocycles. The van der Waals surface area contributed by atoms with Crippen molar-refractivity contribution in [3.8, 4) is 0 Å². The number of aryl methyl sites for hydroxylation is 1. The van der Waals surface area contributed by atoms with Crippen molar-refractivity contribution in [2.45, 2.75) is 39.3 Å². The number of nitrogens with zero attached hydrogens (tertiary/aromatic N) is 1. The minimum absolute atomic E-state index is 0.0934. The standard InChI is InChI=1S/C12H22N2O2S/c1-3-8-17(15,16)9-7-14-6-4-5-12(14)10-11(2)13/h4-6,11H,3,7-10,13H2,1-2H3. The van der Waals surface area contributed by atoms with Gasteiger partial charge in [-0.3, -0.25) is 0 Å². The molecule has 98 valence electrons. The fourth-order valence-corrected chi connectivity index (χ4v) is 3.13. The second kappa shape index (κ2) is 6.21. The van der Waals surface area contributed by atoms with Crippen molar-refractivity contribution in [3.05, 3.63) is 24.0 Å². The molecule has 1 atom stereocenters. The van der Waals surface area contributed by atoms with Crippen molar-refractivity contribution in [1.29, 1.82) is 0 Å². The molecular weight excluding hydrogens is 236 g/mol. The van der Waals surface area contributed by atoms with Crippen LogP contribution >= 0.6 is 0 Å². The summed E-state index contributed by atoms with van der Waals surface area (Å²) < 4.78 is 25.2. The van der Waals surface area contributed by atoms with E-state index in [2.05, 4.69) is 0 Å². The maximum Gasteiger partial charge on any atom is 0.152 e. The topological polar surface area (TPSA) is 65.1 Å². The molecule has 0 saturated carbocycles.